The average Bonchev–Trinajstić information content (AvgIpc) is 2.23. The van der Waals surface area contributed by atoms with Gasteiger partial charge in [-0.3, -0.25) is 4.90 Å². The fourth-order valence-electron chi connectivity index (χ4n) is 1.13. The lowest BCUT2D eigenvalue weighted by atomic mass is 10.2. The summed E-state index contributed by atoms with van der Waals surface area (Å²) < 4.78 is 39.0. The molecule has 6 heteroatoms. The van der Waals surface area contributed by atoms with Crippen LogP contribution in [0.4, 0.5) is 19.3 Å². The van der Waals surface area contributed by atoms with Crippen LogP contribution >= 0.6 is 11.6 Å². The number of rotatable bonds is 1. The quantitative estimate of drug-likeness (QED) is 0.727. The summed E-state index contributed by atoms with van der Waals surface area (Å²) in [6.07, 6.45) is -0.899. The summed E-state index contributed by atoms with van der Waals surface area (Å²) in [4.78, 5) is 12.5. The van der Waals surface area contributed by atoms with Crippen molar-refractivity contribution in [2.75, 3.05) is 11.9 Å². The van der Waals surface area contributed by atoms with Crippen molar-refractivity contribution in [3.8, 4) is 0 Å². The highest BCUT2D eigenvalue weighted by molar-refractivity contribution is 6.31. The van der Waals surface area contributed by atoms with Gasteiger partial charge in [0.25, 0.3) is 0 Å². The van der Waals surface area contributed by atoms with Crippen molar-refractivity contribution in [3.05, 3.63) is 28.8 Å². The topological polar surface area (TPSA) is 29.5 Å². The molecule has 0 fully saturated rings. The molecule has 3 nitrogen and oxygen atoms in total. The Bertz CT molecular complexity index is 491. The number of hydrogen-bond donors (Lipinski definition) is 0. The number of hydrogen-bond acceptors (Lipinski definition) is 2. The second kappa shape index (κ2) is 5.10. The van der Waals surface area contributed by atoms with Crippen LogP contribution < -0.4 is 4.90 Å². The molecule has 18 heavy (non-hydrogen) atoms. The van der Waals surface area contributed by atoms with E-state index in [1.807, 2.05) is 0 Å². The number of ether oxygens (including phenoxy) is 1. The van der Waals surface area contributed by atoms with Gasteiger partial charge < -0.3 is 4.74 Å². The van der Waals surface area contributed by atoms with E-state index in [1.165, 1.54) is 0 Å². The van der Waals surface area contributed by atoms with E-state index >= 15 is 0 Å². The van der Waals surface area contributed by atoms with Gasteiger partial charge in [0.15, 0.2) is 0 Å². The third-order valence-electron chi connectivity index (χ3n) is 1.89. The second-order valence-corrected chi connectivity index (χ2v) is 5.03. The zero-order valence-electron chi connectivity index (χ0n) is 11.3. The molecule has 0 saturated carbocycles. The van der Waals surface area contributed by atoms with E-state index in [1.54, 1.807) is 20.8 Å². The lowest BCUT2D eigenvalue weighted by Gasteiger charge is -2.25. The molecule has 1 rings (SSSR count). The predicted molar refractivity (Wildman–Crippen MR) is 66.0 cm³/mol. The van der Waals surface area contributed by atoms with E-state index in [2.05, 4.69) is 0 Å². The van der Waals surface area contributed by atoms with Crippen LogP contribution in [0.3, 0.4) is 0 Å². The molecule has 0 unspecified atom stereocenters. The van der Waals surface area contributed by atoms with Gasteiger partial charge in [-0.1, -0.05) is 11.6 Å². The fourth-order valence-corrected chi connectivity index (χ4v) is 1.29. The second-order valence-electron chi connectivity index (χ2n) is 4.63. The molecule has 0 aliphatic carbocycles. The molecule has 1 amide bonds. The molecule has 0 aromatic heterocycles. The molecule has 0 saturated heterocycles. The summed E-state index contributed by atoms with van der Waals surface area (Å²) in [5, 5.41) is -0.335. The van der Waals surface area contributed by atoms with E-state index in [9.17, 15) is 13.6 Å². The van der Waals surface area contributed by atoms with Gasteiger partial charge in [0.2, 0.25) is 0 Å². The summed E-state index contributed by atoms with van der Waals surface area (Å²) >= 11 is 5.54. The van der Waals surface area contributed by atoms with Gasteiger partial charge in [-0.15, -0.1) is 0 Å². The largest absolute Gasteiger partial charge is 0.443 e. The molecule has 100 valence electrons. The van der Waals surface area contributed by atoms with Gasteiger partial charge in [0, 0.05) is 14.5 Å². The van der Waals surface area contributed by atoms with Gasteiger partial charge >= 0.3 is 6.09 Å². The molecule has 0 heterocycles. The maximum atomic E-state index is 13.6. The lowest BCUT2D eigenvalue weighted by molar-refractivity contribution is 0.0588. The zero-order valence-corrected chi connectivity index (χ0v) is 11.0. The van der Waals surface area contributed by atoms with Crippen molar-refractivity contribution in [2.24, 2.45) is 0 Å². The third-order valence-corrected chi connectivity index (χ3v) is 2.18. The summed E-state index contributed by atoms with van der Waals surface area (Å²) in [6, 6.07) is 1.51. The minimum Gasteiger partial charge on any atom is -0.443 e. The Morgan fingerprint density at radius 2 is 2.00 bits per heavy atom. The SMILES string of the molecule is [2H]CN(C(=O)OC(C)(C)C)c1cc(Cl)c(F)cc1F. The summed E-state index contributed by atoms with van der Waals surface area (Å²) in [5.74, 6) is -1.92. The number of anilines is 1. The molecule has 0 aliphatic heterocycles. The Balaban J connectivity index is 3.10. The molecule has 1 aromatic carbocycles. The fraction of sp³-hybridized carbons (Fsp3) is 0.417. The van der Waals surface area contributed by atoms with Crippen LogP contribution in [0.1, 0.15) is 22.1 Å². The Morgan fingerprint density at radius 3 is 2.50 bits per heavy atom. The van der Waals surface area contributed by atoms with Gasteiger partial charge in [-0.05, 0) is 26.8 Å². The minimum absolute atomic E-state index is 0.296. The number of carbonyl (C=O) groups excluding carboxylic acids is 1. The summed E-state index contributed by atoms with van der Waals surface area (Å²) in [7, 11) is -0.576. The maximum Gasteiger partial charge on any atom is 0.414 e. The van der Waals surface area contributed by atoms with E-state index in [0.29, 0.717) is 6.07 Å². The van der Waals surface area contributed by atoms with E-state index < -0.39 is 30.4 Å². The third kappa shape index (κ3) is 3.57. The van der Waals surface area contributed by atoms with Gasteiger partial charge in [0.05, 0.1) is 10.7 Å². The van der Waals surface area contributed by atoms with Crippen LogP contribution in [-0.4, -0.2) is 18.7 Å². The number of halogens is 3. The van der Waals surface area contributed by atoms with E-state index in [-0.39, 0.29) is 10.7 Å². The van der Waals surface area contributed by atoms with Crippen LogP contribution in [0.25, 0.3) is 0 Å². The van der Waals surface area contributed by atoms with Gasteiger partial charge in [-0.25, -0.2) is 13.6 Å². The van der Waals surface area contributed by atoms with Crippen LogP contribution in [0, 0.1) is 11.6 Å². The number of carbonyl (C=O) groups is 1. The number of amides is 1. The first-order valence-electron chi connectivity index (χ1n) is 5.80. The monoisotopic (exact) mass is 278 g/mol. The molecule has 0 radical (unpaired) electrons. The van der Waals surface area contributed by atoms with Crippen molar-refractivity contribution < 1.29 is 19.7 Å². The van der Waals surface area contributed by atoms with Crippen molar-refractivity contribution in [2.45, 2.75) is 26.4 Å². The van der Waals surface area contributed by atoms with Crippen molar-refractivity contribution in [1.29, 1.82) is 0 Å². The Kier molecular flexibility index (Phi) is 3.71. The van der Waals surface area contributed by atoms with Crippen molar-refractivity contribution in [3.63, 3.8) is 0 Å². The van der Waals surface area contributed by atoms with Crippen LogP contribution in [0.15, 0.2) is 12.1 Å². The number of benzene rings is 1. The standard InChI is InChI=1S/C12H14ClF2NO2/c1-12(2,3)18-11(17)16(4)10-5-7(13)8(14)6-9(10)15/h5-6H,1-4H3/i4D. The molecule has 0 spiro atoms. The highest BCUT2D eigenvalue weighted by Gasteiger charge is 2.23. The summed E-state index contributed by atoms with van der Waals surface area (Å²) in [6.45, 7) is 4.92. The van der Waals surface area contributed by atoms with E-state index in [4.69, 9.17) is 17.7 Å². The Labute approximate surface area is 111 Å². The summed E-state index contributed by atoms with van der Waals surface area (Å²) in [5.41, 5.74) is -1.08. The molecule has 1 aromatic rings. The highest BCUT2D eigenvalue weighted by atomic mass is 35.5. The molecule has 0 atom stereocenters. The van der Waals surface area contributed by atoms with Crippen molar-refractivity contribution in [1.82, 2.24) is 0 Å². The Morgan fingerprint density at radius 1 is 1.39 bits per heavy atom. The van der Waals surface area contributed by atoms with Crippen molar-refractivity contribution >= 4 is 23.4 Å². The maximum absolute atomic E-state index is 13.6. The first-order chi connectivity index (χ1) is 8.65. The highest BCUT2D eigenvalue weighted by Crippen LogP contribution is 2.26. The molecule has 0 aliphatic rings. The minimum atomic E-state index is -0.986. The molecular weight excluding hydrogens is 264 g/mol. The van der Waals surface area contributed by atoms with Crippen LogP contribution in [-0.2, 0) is 4.74 Å². The van der Waals surface area contributed by atoms with Crippen LogP contribution in [0.5, 0.6) is 0 Å². The molecule has 0 bridgehead atoms. The smallest absolute Gasteiger partial charge is 0.414 e. The predicted octanol–water partition coefficient (Wildman–Crippen LogP) is 3.99. The van der Waals surface area contributed by atoms with E-state index in [0.717, 1.165) is 11.0 Å². The average molecular weight is 279 g/mol. The first-order valence-corrected chi connectivity index (χ1v) is 5.48. The normalized spacial score (nSPS) is 12.0. The van der Waals surface area contributed by atoms with Gasteiger partial charge in [-0.2, -0.15) is 0 Å². The Hall–Kier alpha value is -1.36. The molecule has 0 N–H and O–H groups in total. The van der Waals surface area contributed by atoms with Crippen LogP contribution in [0.2, 0.25) is 5.02 Å². The molecular formula is C12H14ClF2NO2. The zero-order chi connectivity index (χ0) is 14.8. The lowest BCUT2D eigenvalue weighted by Crippen LogP contribution is -2.34. The number of nitrogens with zero attached hydrogens (tertiary/aromatic N) is 1. The first kappa shape index (κ1) is 13.1. The van der Waals surface area contributed by atoms with Gasteiger partial charge in [0.1, 0.15) is 17.2 Å².